The molecule has 3 rings (SSSR count). The van der Waals surface area contributed by atoms with E-state index in [4.69, 9.17) is 4.74 Å². The molecule has 0 aliphatic heterocycles. The average molecular weight is 391 g/mol. The zero-order chi connectivity index (χ0) is 20.6. The smallest absolute Gasteiger partial charge is 0.249 e. The number of amides is 2. The number of anilines is 1. The van der Waals surface area contributed by atoms with E-state index in [1.165, 1.54) is 6.21 Å². The van der Waals surface area contributed by atoms with Gasteiger partial charge in [-0.1, -0.05) is 30.3 Å². The summed E-state index contributed by atoms with van der Waals surface area (Å²) in [4.78, 5) is 24.0. The van der Waals surface area contributed by atoms with E-state index in [9.17, 15) is 14.7 Å². The van der Waals surface area contributed by atoms with Gasteiger partial charge in [-0.05, 0) is 48.0 Å². The first-order valence-electron chi connectivity index (χ1n) is 9.12. The summed E-state index contributed by atoms with van der Waals surface area (Å²) in [5.41, 5.74) is 3.36. The molecule has 0 heterocycles. The van der Waals surface area contributed by atoms with Gasteiger partial charge in [0, 0.05) is 11.3 Å². The van der Waals surface area contributed by atoms with Crippen LogP contribution >= 0.6 is 0 Å². The Balaban J connectivity index is 1.56. The fourth-order valence-electron chi connectivity index (χ4n) is 2.78. The molecule has 148 valence electrons. The molecule has 0 atom stereocenters. The second-order valence-corrected chi connectivity index (χ2v) is 6.20. The Morgan fingerprint density at radius 1 is 1.03 bits per heavy atom. The van der Waals surface area contributed by atoms with Crippen molar-refractivity contribution in [1.29, 1.82) is 0 Å². The minimum atomic E-state index is -0.565. The minimum absolute atomic E-state index is 0.0509. The van der Waals surface area contributed by atoms with Crippen molar-refractivity contribution in [3.8, 4) is 11.5 Å². The molecular formula is C22H21N3O4. The molecule has 3 aromatic rings. The van der Waals surface area contributed by atoms with Crippen molar-refractivity contribution < 1.29 is 19.4 Å². The highest BCUT2D eigenvalue weighted by Gasteiger charge is 2.10. The van der Waals surface area contributed by atoms with Crippen LogP contribution in [0, 0.1) is 0 Å². The molecule has 0 aliphatic rings. The van der Waals surface area contributed by atoms with E-state index < -0.39 is 11.8 Å². The monoisotopic (exact) mass is 391 g/mol. The third kappa shape index (κ3) is 5.32. The Morgan fingerprint density at radius 3 is 2.55 bits per heavy atom. The molecule has 0 saturated carbocycles. The summed E-state index contributed by atoms with van der Waals surface area (Å²) in [6.45, 7) is 2.45. The van der Waals surface area contributed by atoms with E-state index in [-0.39, 0.29) is 12.2 Å². The third-order valence-electron chi connectivity index (χ3n) is 4.10. The number of carbonyl (C=O) groups excluding carboxylic acids is 2. The van der Waals surface area contributed by atoms with Crippen LogP contribution < -0.4 is 15.5 Å². The second kappa shape index (κ2) is 9.36. The molecular weight excluding hydrogens is 370 g/mol. The first-order chi connectivity index (χ1) is 14.1. The molecule has 0 aliphatic carbocycles. The van der Waals surface area contributed by atoms with Crippen LogP contribution in [0.3, 0.4) is 0 Å². The van der Waals surface area contributed by atoms with Gasteiger partial charge in [0.2, 0.25) is 11.8 Å². The summed E-state index contributed by atoms with van der Waals surface area (Å²) in [6, 6.07) is 17.7. The summed E-state index contributed by atoms with van der Waals surface area (Å²) in [5.74, 6) is -0.275. The lowest BCUT2D eigenvalue weighted by atomic mass is 10.0. The molecule has 2 amide bonds. The van der Waals surface area contributed by atoms with Gasteiger partial charge in [0.25, 0.3) is 0 Å². The lowest BCUT2D eigenvalue weighted by Gasteiger charge is -2.07. The van der Waals surface area contributed by atoms with Gasteiger partial charge in [-0.15, -0.1) is 0 Å². The first-order valence-corrected chi connectivity index (χ1v) is 9.12. The van der Waals surface area contributed by atoms with Crippen LogP contribution in [0.4, 0.5) is 5.69 Å². The van der Waals surface area contributed by atoms with Gasteiger partial charge >= 0.3 is 0 Å². The number of hydrogen-bond donors (Lipinski definition) is 3. The van der Waals surface area contributed by atoms with Gasteiger partial charge in [0.1, 0.15) is 17.9 Å². The molecule has 3 aromatic carbocycles. The Hall–Kier alpha value is -3.87. The van der Waals surface area contributed by atoms with Gasteiger partial charge in [-0.25, -0.2) is 5.43 Å². The maximum Gasteiger partial charge on any atom is 0.249 e. The largest absolute Gasteiger partial charge is 0.507 e. The fourth-order valence-corrected chi connectivity index (χ4v) is 2.78. The number of rotatable bonds is 7. The summed E-state index contributed by atoms with van der Waals surface area (Å²) in [5, 5.41) is 18.3. The number of ether oxygens (including phenoxy) is 1. The third-order valence-corrected chi connectivity index (χ3v) is 4.10. The quantitative estimate of drug-likeness (QED) is 0.326. The number of fused-ring (bicyclic) bond motifs is 1. The van der Waals surface area contributed by atoms with Gasteiger partial charge in [-0.3, -0.25) is 9.59 Å². The minimum Gasteiger partial charge on any atom is -0.507 e. The molecule has 3 N–H and O–H groups in total. The molecule has 0 saturated heterocycles. The van der Waals surface area contributed by atoms with Crippen LogP contribution in [0.5, 0.6) is 11.5 Å². The zero-order valence-corrected chi connectivity index (χ0v) is 15.9. The number of hydrazone groups is 1. The highest BCUT2D eigenvalue weighted by Crippen LogP contribution is 2.25. The SMILES string of the molecule is CCOc1ccc(NC(=O)CC(=O)N/N=C/c2c(O)ccc3ccccc23)cc1. The van der Waals surface area contributed by atoms with E-state index in [0.717, 1.165) is 10.8 Å². The Labute approximate surface area is 168 Å². The number of phenolic OH excluding ortho intramolecular Hbond substituents is 1. The lowest BCUT2D eigenvalue weighted by molar-refractivity contribution is -0.126. The van der Waals surface area contributed by atoms with Crippen LogP contribution in [0.25, 0.3) is 10.8 Å². The number of benzene rings is 3. The van der Waals surface area contributed by atoms with Crippen LogP contribution in [0.1, 0.15) is 18.9 Å². The van der Waals surface area contributed by atoms with E-state index in [1.54, 1.807) is 36.4 Å². The highest BCUT2D eigenvalue weighted by molar-refractivity contribution is 6.05. The number of nitrogens with one attached hydrogen (secondary N) is 2. The summed E-state index contributed by atoms with van der Waals surface area (Å²) in [6.07, 6.45) is 0.978. The van der Waals surface area contributed by atoms with Gasteiger partial charge in [0.05, 0.1) is 12.8 Å². The molecule has 29 heavy (non-hydrogen) atoms. The van der Waals surface area contributed by atoms with Crippen LogP contribution in [0.2, 0.25) is 0 Å². The van der Waals surface area contributed by atoms with Crippen LogP contribution in [-0.4, -0.2) is 29.7 Å². The van der Waals surface area contributed by atoms with Gasteiger partial charge in [0.15, 0.2) is 0 Å². The van der Waals surface area contributed by atoms with Crippen molar-refractivity contribution >= 4 is 34.5 Å². The normalized spacial score (nSPS) is 10.8. The molecule has 0 unspecified atom stereocenters. The molecule has 7 nitrogen and oxygen atoms in total. The fraction of sp³-hybridized carbons (Fsp3) is 0.136. The maximum absolute atomic E-state index is 12.0. The van der Waals surface area contributed by atoms with Crippen molar-refractivity contribution in [2.24, 2.45) is 5.10 Å². The van der Waals surface area contributed by atoms with Crippen molar-refractivity contribution in [2.75, 3.05) is 11.9 Å². The van der Waals surface area contributed by atoms with E-state index in [2.05, 4.69) is 15.8 Å². The zero-order valence-electron chi connectivity index (χ0n) is 15.9. The number of nitrogens with zero attached hydrogens (tertiary/aromatic N) is 1. The van der Waals surface area contributed by atoms with Gasteiger partial charge < -0.3 is 15.2 Å². The molecule has 0 spiro atoms. The number of aromatic hydroxyl groups is 1. The van der Waals surface area contributed by atoms with Crippen molar-refractivity contribution in [3.05, 3.63) is 66.2 Å². The number of phenols is 1. The Morgan fingerprint density at radius 2 is 1.79 bits per heavy atom. The number of hydrogen-bond acceptors (Lipinski definition) is 5. The summed E-state index contributed by atoms with van der Waals surface area (Å²) in [7, 11) is 0. The highest BCUT2D eigenvalue weighted by atomic mass is 16.5. The van der Waals surface area contributed by atoms with E-state index >= 15 is 0 Å². The van der Waals surface area contributed by atoms with Crippen molar-refractivity contribution in [1.82, 2.24) is 5.43 Å². The summed E-state index contributed by atoms with van der Waals surface area (Å²) >= 11 is 0. The first kappa shape index (κ1) is 19.9. The molecule has 7 heteroatoms. The van der Waals surface area contributed by atoms with E-state index in [1.807, 2.05) is 31.2 Å². The maximum atomic E-state index is 12.0. The van der Waals surface area contributed by atoms with Crippen LogP contribution in [-0.2, 0) is 9.59 Å². The van der Waals surface area contributed by atoms with Gasteiger partial charge in [-0.2, -0.15) is 5.10 Å². The molecule has 0 fully saturated rings. The average Bonchev–Trinajstić information content (AvgIpc) is 2.71. The predicted octanol–water partition coefficient (Wildman–Crippen LogP) is 3.42. The lowest BCUT2D eigenvalue weighted by Crippen LogP contribution is -2.24. The Kier molecular flexibility index (Phi) is 6.42. The Bertz CT molecular complexity index is 1050. The topological polar surface area (TPSA) is 100 Å². The van der Waals surface area contributed by atoms with Crippen LogP contribution in [0.15, 0.2) is 65.8 Å². The van der Waals surface area contributed by atoms with Crippen molar-refractivity contribution in [2.45, 2.75) is 13.3 Å². The number of carbonyl (C=O) groups is 2. The standard InChI is InChI=1S/C22H21N3O4/c1-2-29-17-10-8-16(9-11-17)24-21(27)13-22(28)25-23-14-19-18-6-4-3-5-15(18)7-12-20(19)26/h3-12,14,26H,2,13H2,1H3,(H,24,27)(H,25,28)/b23-14+. The predicted molar refractivity (Wildman–Crippen MR) is 112 cm³/mol. The summed E-state index contributed by atoms with van der Waals surface area (Å²) < 4.78 is 5.34. The second-order valence-electron chi connectivity index (χ2n) is 6.20. The van der Waals surface area contributed by atoms with Crippen molar-refractivity contribution in [3.63, 3.8) is 0 Å². The van der Waals surface area contributed by atoms with E-state index in [0.29, 0.717) is 23.6 Å². The molecule has 0 aromatic heterocycles. The molecule has 0 radical (unpaired) electrons. The molecule has 0 bridgehead atoms.